The molecular weight excluding hydrogens is 394 g/mol. The SMILES string of the molecule is CC1C=C2N(CCCN2C(=O)CCC(=O)Nc2cc(-c3cccc(Cl)c3)on2)N1. The molecule has 1 saturated heterocycles. The van der Waals surface area contributed by atoms with Crippen LogP contribution in [0.3, 0.4) is 0 Å². The summed E-state index contributed by atoms with van der Waals surface area (Å²) in [6, 6.07) is 8.99. The Morgan fingerprint density at radius 2 is 2.17 bits per heavy atom. The van der Waals surface area contributed by atoms with E-state index in [1.54, 1.807) is 23.1 Å². The van der Waals surface area contributed by atoms with E-state index in [9.17, 15) is 9.59 Å². The van der Waals surface area contributed by atoms with E-state index >= 15 is 0 Å². The maximum atomic E-state index is 12.6. The van der Waals surface area contributed by atoms with E-state index in [4.69, 9.17) is 16.1 Å². The number of carbonyl (C=O) groups is 2. The molecule has 1 unspecified atom stereocenters. The van der Waals surface area contributed by atoms with Gasteiger partial charge in [0.25, 0.3) is 0 Å². The second-order valence-corrected chi connectivity index (χ2v) is 7.56. The Bertz CT molecular complexity index is 957. The van der Waals surface area contributed by atoms with Crippen LogP contribution in [0.1, 0.15) is 26.2 Å². The van der Waals surface area contributed by atoms with Crippen molar-refractivity contribution in [2.75, 3.05) is 18.4 Å². The fourth-order valence-corrected chi connectivity index (χ4v) is 3.69. The summed E-state index contributed by atoms with van der Waals surface area (Å²) in [4.78, 5) is 26.6. The average Bonchev–Trinajstić information content (AvgIpc) is 3.31. The number of hydrazine groups is 1. The molecule has 9 heteroatoms. The highest BCUT2D eigenvalue weighted by Crippen LogP contribution is 2.25. The Labute approximate surface area is 173 Å². The summed E-state index contributed by atoms with van der Waals surface area (Å²) < 4.78 is 5.27. The summed E-state index contributed by atoms with van der Waals surface area (Å²) >= 11 is 5.98. The number of anilines is 1. The predicted octanol–water partition coefficient (Wildman–Crippen LogP) is 3.00. The lowest BCUT2D eigenvalue weighted by Gasteiger charge is -2.36. The number of hydrogen-bond acceptors (Lipinski definition) is 6. The van der Waals surface area contributed by atoms with Crippen LogP contribution in [0.25, 0.3) is 11.3 Å². The molecule has 0 bridgehead atoms. The van der Waals surface area contributed by atoms with Crippen molar-refractivity contribution in [3.63, 3.8) is 0 Å². The molecule has 2 aromatic rings. The number of aromatic nitrogens is 1. The van der Waals surface area contributed by atoms with E-state index in [1.807, 2.05) is 30.1 Å². The molecule has 1 atom stereocenters. The molecule has 29 heavy (non-hydrogen) atoms. The maximum Gasteiger partial charge on any atom is 0.228 e. The van der Waals surface area contributed by atoms with Crippen molar-refractivity contribution in [1.29, 1.82) is 0 Å². The van der Waals surface area contributed by atoms with Crippen molar-refractivity contribution in [2.24, 2.45) is 0 Å². The van der Waals surface area contributed by atoms with Crippen LogP contribution in [0, 0.1) is 0 Å². The molecule has 152 valence electrons. The Kier molecular flexibility index (Phi) is 5.55. The minimum atomic E-state index is -0.287. The van der Waals surface area contributed by atoms with E-state index in [1.165, 1.54) is 0 Å². The third-order valence-electron chi connectivity index (χ3n) is 4.83. The van der Waals surface area contributed by atoms with E-state index in [0.29, 0.717) is 23.1 Å². The van der Waals surface area contributed by atoms with Gasteiger partial charge in [0.1, 0.15) is 5.82 Å². The maximum absolute atomic E-state index is 12.6. The van der Waals surface area contributed by atoms with Gasteiger partial charge in [-0.2, -0.15) is 0 Å². The zero-order chi connectivity index (χ0) is 20.4. The van der Waals surface area contributed by atoms with Crippen molar-refractivity contribution in [3.05, 3.63) is 47.3 Å². The van der Waals surface area contributed by atoms with Crippen molar-refractivity contribution in [3.8, 4) is 11.3 Å². The van der Waals surface area contributed by atoms with Crippen LogP contribution in [0.15, 0.2) is 46.8 Å². The van der Waals surface area contributed by atoms with Gasteiger partial charge in [0.2, 0.25) is 11.8 Å². The second kappa shape index (κ2) is 8.26. The quantitative estimate of drug-likeness (QED) is 0.780. The lowest BCUT2D eigenvalue weighted by Crippen LogP contribution is -2.48. The molecule has 0 aliphatic carbocycles. The minimum Gasteiger partial charge on any atom is -0.354 e. The fraction of sp³-hybridized carbons (Fsp3) is 0.350. The van der Waals surface area contributed by atoms with E-state index in [2.05, 4.69) is 15.9 Å². The molecule has 1 aromatic heterocycles. The first-order valence-corrected chi connectivity index (χ1v) is 9.96. The summed E-state index contributed by atoms with van der Waals surface area (Å²) in [6.07, 6.45) is 3.12. The van der Waals surface area contributed by atoms with Crippen LogP contribution in [-0.4, -0.2) is 46.0 Å². The van der Waals surface area contributed by atoms with Gasteiger partial charge in [-0.15, -0.1) is 0 Å². The zero-order valence-electron chi connectivity index (χ0n) is 16.0. The summed E-state index contributed by atoms with van der Waals surface area (Å²) in [7, 11) is 0. The molecule has 2 N–H and O–H groups in total. The van der Waals surface area contributed by atoms with Gasteiger partial charge in [-0.05, 0) is 31.6 Å². The number of fused-ring (bicyclic) bond motifs is 1. The highest BCUT2D eigenvalue weighted by molar-refractivity contribution is 6.30. The number of nitrogens with zero attached hydrogens (tertiary/aromatic N) is 3. The summed E-state index contributed by atoms with van der Waals surface area (Å²) in [6.45, 7) is 3.59. The van der Waals surface area contributed by atoms with Crippen LogP contribution in [0.2, 0.25) is 5.02 Å². The monoisotopic (exact) mass is 415 g/mol. The third kappa shape index (κ3) is 4.44. The Balaban J connectivity index is 1.31. The number of hydrogen-bond donors (Lipinski definition) is 2. The largest absolute Gasteiger partial charge is 0.354 e. The van der Waals surface area contributed by atoms with Crippen LogP contribution >= 0.6 is 11.6 Å². The van der Waals surface area contributed by atoms with Crippen molar-refractivity contribution in [1.82, 2.24) is 20.5 Å². The number of amides is 2. The molecule has 8 nitrogen and oxygen atoms in total. The number of benzene rings is 1. The summed E-state index contributed by atoms with van der Waals surface area (Å²) in [5.41, 5.74) is 4.06. The molecular formula is C20H22ClN5O3. The Morgan fingerprint density at radius 3 is 3.00 bits per heavy atom. The molecule has 0 radical (unpaired) electrons. The van der Waals surface area contributed by atoms with Crippen LogP contribution in [-0.2, 0) is 9.59 Å². The Morgan fingerprint density at radius 1 is 1.31 bits per heavy atom. The van der Waals surface area contributed by atoms with Gasteiger partial charge in [0, 0.05) is 48.6 Å². The normalized spacial score (nSPS) is 18.4. The smallest absolute Gasteiger partial charge is 0.228 e. The molecule has 3 heterocycles. The van der Waals surface area contributed by atoms with Gasteiger partial charge in [-0.1, -0.05) is 28.9 Å². The van der Waals surface area contributed by atoms with Gasteiger partial charge in [-0.3, -0.25) is 19.5 Å². The molecule has 2 aliphatic rings. The first-order chi connectivity index (χ1) is 14.0. The predicted molar refractivity (Wildman–Crippen MR) is 109 cm³/mol. The highest BCUT2D eigenvalue weighted by Gasteiger charge is 2.31. The van der Waals surface area contributed by atoms with Crippen LogP contribution in [0.5, 0.6) is 0 Å². The van der Waals surface area contributed by atoms with Gasteiger partial charge < -0.3 is 9.84 Å². The van der Waals surface area contributed by atoms with E-state index in [-0.39, 0.29) is 30.7 Å². The third-order valence-corrected chi connectivity index (χ3v) is 5.06. The average molecular weight is 416 g/mol. The number of halogens is 1. The summed E-state index contributed by atoms with van der Waals surface area (Å²) in [5.74, 6) is 1.34. The van der Waals surface area contributed by atoms with Crippen LogP contribution in [0.4, 0.5) is 5.82 Å². The van der Waals surface area contributed by atoms with Crippen molar-refractivity contribution < 1.29 is 14.1 Å². The van der Waals surface area contributed by atoms with E-state index in [0.717, 1.165) is 24.4 Å². The highest BCUT2D eigenvalue weighted by atomic mass is 35.5. The van der Waals surface area contributed by atoms with Crippen LogP contribution < -0.4 is 10.7 Å². The van der Waals surface area contributed by atoms with Crippen molar-refractivity contribution in [2.45, 2.75) is 32.2 Å². The molecule has 1 fully saturated rings. The first kappa shape index (κ1) is 19.5. The lowest BCUT2D eigenvalue weighted by atomic mass is 10.2. The molecule has 2 aliphatic heterocycles. The number of nitrogens with one attached hydrogen (secondary N) is 2. The molecule has 1 aromatic carbocycles. The van der Waals surface area contributed by atoms with Gasteiger partial charge in [0.05, 0.1) is 0 Å². The zero-order valence-corrected chi connectivity index (χ0v) is 16.8. The van der Waals surface area contributed by atoms with Gasteiger partial charge >= 0.3 is 0 Å². The lowest BCUT2D eigenvalue weighted by molar-refractivity contribution is -0.133. The number of carbonyl (C=O) groups excluding carboxylic acids is 2. The molecule has 4 rings (SSSR count). The van der Waals surface area contributed by atoms with Gasteiger partial charge in [-0.25, -0.2) is 5.43 Å². The minimum absolute atomic E-state index is 0.0632. The topological polar surface area (TPSA) is 90.7 Å². The van der Waals surface area contributed by atoms with E-state index < -0.39 is 0 Å². The second-order valence-electron chi connectivity index (χ2n) is 7.13. The van der Waals surface area contributed by atoms with Gasteiger partial charge in [0.15, 0.2) is 11.6 Å². The Hall–Kier alpha value is -2.84. The molecule has 2 amide bonds. The first-order valence-electron chi connectivity index (χ1n) is 9.58. The molecule has 0 saturated carbocycles. The van der Waals surface area contributed by atoms with Crippen molar-refractivity contribution >= 4 is 29.2 Å². The molecule has 0 spiro atoms. The summed E-state index contributed by atoms with van der Waals surface area (Å²) in [5, 5.41) is 9.12. The standard InChI is InChI=1S/C20H22ClN5O3/c1-13-10-19-25(8-3-9-26(19)23-13)20(28)7-6-18(27)22-17-12-16(29-24-17)14-4-2-5-15(21)11-14/h2,4-5,10-13,23H,3,6-9H2,1H3,(H,22,24,27). The fourth-order valence-electron chi connectivity index (χ4n) is 3.50. The number of rotatable bonds is 5.